The summed E-state index contributed by atoms with van der Waals surface area (Å²) in [5, 5.41) is 1.83. The summed E-state index contributed by atoms with van der Waals surface area (Å²) >= 11 is 0.937. The maximum absolute atomic E-state index is 12.0. The Morgan fingerprint density at radius 2 is 1.55 bits per heavy atom. The third-order valence-electron chi connectivity index (χ3n) is 2.67. The van der Waals surface area contributed by atoms with Gasteiger partial charge in [-0.3, -0.25) is 9.59 Å². The second-order valence-electron chi connectivity index (χ2n) is 3.91. The van der Waals surface area contributed by atoms with Crippen molar-refractivity contribution in [1.82, 2.24) is 5.06 Å². The number of amides is 2. The van der Waals surface area contributed by atoms with E-state index >= 15 is 0 Å². The topological polar surface area (TPSA) is 80.8 Å². The lowest BCUT2D eigenvalue weighted by molar-refractivity contribution is -0.0102. The van der Waals surface area contributed by atoms with E-state index < -0.39 is 21.9 Å². The molecule has 20 heavy (non-hydrogen) atoms. The quantitative estimate of drug-likeness (QED) is 0.806. The number of hydrogen-bond acceptors (Lipinski definition) is 6. The van der Waals surface area contributed by atoms with Crippen molar-refractivity contribution < 1.29 is 22.3 Å². The van der Waals surface area contributed by atoms with Gasteiger partial charge in [-0.05, 0) is 23.6 Å². The van der Waals surface area contributed by atoms with E-state index in [0.29, 0.717) is 0 Å². The van der Waals surface area contributed by atoms with Gasteiger partial charge in [0.25, 0.3) is 11.8 Å². The van der Waals surface area contributed by atoms with Crippen molar-refractivity contribution in [3.8, 4) is 0 Å². The van der Waals surface area contributed by atoms with Crippen molar-refractivity contribution in [3.63, 3.8) is 0 Å². The second kappa shape index (κ2) is 4.51. The number of benzene rings is 1. The highest BCUT2D eigenvalue weighted by Crippen LogP contribution is 2.26. The molecular weight excluding hydrogens is 302 g/mol. The van der Waals surface area contributed by atoms with Gasteiger partial charge < -0.3 is 0 Å². The zero-order valence-electron chi connectivity index (χ0n) is 9.85. The van der Waals surface area contributed by atoms with Crippen molar-refractivity contribution in [2.75, 3.05) is 0 Å². The molecule has 3 rings (SSSR count). The predicted molar refractivity (Wildman–Crippen MR) is 69.5 cm³/mol. The first-order valence-corrected chi connectivity index (χ1v) is 7.75. The van der Waals surface area contributed by atoms with E-state index in [9.17, 15) is 18.0 Å². The molecular formula is C12H7NO5S2. The van der Waals surface area contributed by atoms with Crippen LogP contribution >= 0.6 is 11.3 Å². The molecule has 0 spiro atoms. The highest BCUT2D eigenvalue weighted by Gasteiger charge is 2.40. The number of thiophene rings is 1. The molecule has 8 heteroatoms. The third kappa shape index (κ3) is 1.94. The molecule has 1 aromatic carbocycles. The monoisotopic (exact) mass is 309 g/mol. The van der Waals surface area contributed by atoms with Gasteiger partial charge in [0.2, 0.25) is 0 Å². The number of fused-ring (bicyclic) bond motifs is 1. The van der Waals surface area contributed by atoms with Gasteiger partial charge in [0.1, 0.15) is 4.21 Å². The van der Waals surface area contributed by atoms with E-state index in [1.54, 1.807) is 17.5 Å². The van der Waals surface area contributed by atoms with Gasteiger partial charge in [-0.15, -0.1) is 20.7 Å². The molecule has 0 atom stereocenters. The van der Waals surface area contributed by atoms with Crippen molar-refractivity contribution in [1.29, 1.82) is 0 Å². The van der Waals surface area contributed by atoms with Crippen LogP contribution in [0.4, 0.5) is 0 Å². The van der Waals surface area contributed by atoms with Crippen LogP contribution in [0.15, 0.2) is 46.0 Å². The van der Waals surface area contributed by atoms with E-state index in [-0.39, 0.29) is 20.4 Å². The highest BCUT2D eigenvalue weighted by atomic mass is 32.3. The van der Waals surface area contributed by atoms with Crippen LogP contribution in [0.25, 0.3) is 0 Å². The molecule has 1 aliphatic heterocycles. The number of hydroxylamine groups is 2. The minimum Gasteiger partial charge on any atom is -0.266 e. The zero-order valence-corrected chi connectivity index (χ0v) is 11.5. The van der Waals surface area contributed by atoms with Crippen LogP contribution in [0, 0.1) is 0 Å². The van der Waals surface area contributed by atoms with Crippen LogP contribution in [-0.4, -0.2) is 25.3 Å². The summed E-state index contributed by atoms with van der Waals surface area (Å²) in [6.45, 7) is 0. The smallest absolute Gasteiger partial charge is 0.266 e. The average Bonchev–Trinajstić information content (AvgIpc) is 3.04. The maximum Gasteiger partial charge on any atom is 0.327 e. The molecule has 6 nitrogen and oxygen atoms in total. The molecule has 0 fully saturated rings. The first kappa shape index (κ1) is 13.0. The molecule has 1 aromatic heterocycles. The van der Waals surface area contributed by atoms with Crippen LogP contribution in [0.2, 0.25) is 0 Å². The first-order chi connectivity index (χ1) is 9.50. The van der Waals surface area contributed by atoms with Crippen LogP contribution in [-0.2, 0) is 14.4 Å². The van der Waals surface area contributed by atoms with E-state index in [1.807, 2.05) is 0 Å². The first-order valence-electron chi connectivity index (χ1n) is 5.46. The van der Waals surface area contributed by atoms with Gasteiger partial charge in [-0.1, -0.05) is 18.2 Å². The SMILES string of the molecule is O=C1c2ccccc2C(=O)N1OS(=O)(=O)c1cccs1. The fraction of sp³-hybridized carbons (Fsp3) is 0. The Morgan fingerprint density at radius 1 is 0.950 bits per heavy atom. The Kier molecular flexibility index (Phi) is 2.93. The number of imide groups is 1. The average molecular weight is 309 g/mol. The number of carbonyl (C=O) groups excluding carboxylic acids is 2. The lowest BCUT2D eigenvalue weighted by Gasteiger charge is -2.11. The minimum atomic E-state index is -4.18. The molecule has 2 heterocycles. The van der Waals surface area contributed by atoms with Gasteiger partial charge >= 0.3 is 10.1 Å². The molecule has 2 aromatic rings. The Balaban J connectivity index is 1.95. The van der Waals surface area contributed by atoms with Gasteiger partial charge in [0.15, 0.2) is 0 Å². The third-order valence-corrected chi connectivity index (χ3v) is 5.21. The van der Waals surface area contributed by atoms with Crippen LogP contribution in [0.3, 0.4) is 0 Å². The highest BCUT2D eigenvalue weighted by molar-refractivity contribution is 7.88. The molecule has 0 bridgehead atoms. The van der Waals surface area contributed by atoms with Gasteiger partial charge in [-0.25, -0.2) is 0 Å². The normalized spacial score (nSPS) is 14.7. The fourth-order valence-corrected chi connectivity index (χ4v) is 3.60. The molecule has 0 radical (unpaired) electrons. The Labute approximate surface area is 118 Å². The lowest BCUT2D eigenvalue weighted by Crippen LogP contribution is -2.32. The Morgan fingerprint density at radius 3 is 2.05 bits per heavy atom. The second-order valence-corrected chi connectivity index (χ2v) is 6.61. The van der Waals surface area contributed by atoms with Crippen LogP contribution in [0.1, 0.15) is 20.7 Å². The van der Waals surface area contributed by atoms with Gasteiger partial charge in [-0.2, -0.15) is 8.42 Å². The van der Waals surface area contributed by atoms with Crippen molar-refractivity contribution in [3.05, 3.63) is 52.9 Å². The van der Waals surface area contributed by atoms with Crippen molar-refractivity contribution >= 4 is 33.3 Å². The van der Waals surface area contributed by atoms with Crippen LogP contribution in [0.5, 0.6) is 0 Å². The fourth-order valence-electron chi connectivity index (χ4n) is 1.78. The molecule has 102 valence electrons. The molecule has 0 saturated carbocycles. The van der Waals surface area contributed by atoms with E-state index in [4.69, 9.17) is 0 Å². The summed E-state index contributed by atoms with van der Waals surface area (Å²) in [5.41, 5.74) is 0.248. The predicted octanol–water partition coefficient (Wildman–Crippen LogP) is 1.66. The maximum atomic E-state index is 12.0. The summed E-state index contributed by atoms with van der Waals surface area (Å²) in [4.78, 5) is 23.9. The zero-order chi connectivity index (χ0) is 14.3. The molecule has 0 N–H and O–H groups in total. The number of carbonyl (C=O) groups is 2. The summed E-state index contributed by atoms with van der Waals surface area (Å²) in [6.07, 6.45) is 0. The lowest BCUT2D eigenvalue weighted by atomic mass is 10.1. The largest absolute Gasteiger partial charge is 0.327 e. The van der Waals surface area contributed by atoms with Crippen LogP contribution < -0.4 is 0 Å². The molecule has 0 unspecified atom stereocenters. The standard InChI is InChI=1S/C12H7NO5S2/c14-11-8-4-1-2-5-9(8)12(15)13(11)18-20(16,17)10-6-3-7-19-10/h1-7H. The summed E-state index contributed by atoms with van der Waals surface area (Å²) < 4.78 is 28.5. The Bertz CT molecular complexity index is 760. The van der Waals surface area contributed by atoms with Gasteiger partial charge in [0.05, 0.1) is 11.1 Å². The summed E-state index contributed by atoms with van der Waals surface area (Å²) in [7, 11) is -4.18. The summed E-state index contributed by atoms with van der Waals surface area (Å²) in [6, 6.07) is 8.91. The van der Waals surface area contributed by atoms with E-state index in [2.05, 4.69) is 4.28 Å². The molecule has 1 aliphatic rings. The van der Waals surface area contributed by atoms with E-state index in [0.717, 1.165) is 11.3 Å². The van der Waals surface area contributed by atoms with Crippen molar-refractivity contribution in [2.45, 2.75) is 4.21 Å². The number of nitrogens with zero attached hydrogens (tertiary/aromatic N) is 1. The van der Waals surface area contributed by atoms with E-state index in [1.165, 1.54) is 24.3 Å². The van der Waals surface area contributed by atoms with Crippen molar-refractivity contribution in [2.24, 2.45) is 0 Å². The molecule has 2 amide bonds. The summed E-state index contributed by atoms with van der Waals surface area (Å²) in [5.74, 6) is -1.57. The molecule has 0 saturated heterocycles. The number of rotatable bonds is 3. The van der Waals surface area contributed by atoms with Gasteiger partial charge in [0, 0.05) is 0 Å². The minimum absolute atomic E-state index is 0.0749. The Hall–Kier alpha value is -2.03. The number of hydrogen-bond donors (Lipinski definition) is 0. The molecule has 0 aliphatic carbocycles.